The van der Waals surface area contributed by atoms with E-state index in [9.17, 15) is 9.59 Å². The van der Waals surface area contributed by atoms with Crippen molar-refractivity contribution in [3.8, 4) is 11.5 Å². The molecule has 0 saturated carbocycles. The number of rotatable bonds is 7. The lowest BCUT2D eigenvalue weighted by Crippen LogP contribution is -2.05. The van der Waals surface area contributed by atoms with Gasteiger partial charge in [-0.2, -0.15) is 0 Å². The van der Waals surface area contributed by atoms with Crippen LogP contribution in [0.4, 0.5) is 0 Å². The minimum Gasteiger partial charge on any atom is -0.493 e. The Labute approximate surface area is 183 Å². The smallest absolute Gasteiger partial charge is 0.336 e. The maximum absolute atomic E-state index is 12.3. The topological polar surface area (TPSA) is 52.6 Å². The average molecular weight is 463 g/mol. The molecule has 0 radical (unpaired) electrons. The van der Waals surface area contributed by atoms with Crippen LogP contribution in [0.15, 0.2) is 89.4 Å². The Balaban J connectivity index is 1.68. The number of carbonyl (C=O) groups is 2. The van der Waals surface area contributed by atoms with Crippen LogP contribution in [-0.2, 0) is 4.79 Å². The number of ketones is 1. The summed E-state index contributed by atoms with van der Waals surface area (Å²) in [6.45, 7) is 0. The molecular formula is C25H19BrO4. The number of hydrogen-bond donors (Lipinski definition) is 0. The molecule has 0 aromatic heterocycles. The Kier molecular flexibility index (Phi) is 7.35. The van der Waals surface area contributed by atoms with Gasteiger partial charge in [0.2, 0.25) is 0 Å². The maximum atomic E-state index is 12.3. The summed E-state index contributed by atoms with van der Waals surface area (Å²) in [5, 5.41) is 0. The van der Waals surface area contributed by atoms with Crippen LogP contribution in [0.5, 0.6) is 11.5 Å². The number of ether oxygens (including phenoxy) is 2. The highest BCUT2D eigenvalue weighted by Crippen LogP contribution is 2.29. The second-order valence-electron chi connectivity index (χ2n) is 6.28. The minimum absolute atomic E-state index is 0.108. The first-order valence-corrected chi connectivity index (χ1v) is 9.95. The summed E-state index contributed by atoms with van der Waals surface area (Å²) < 4.78 is 11.6. The van der Waals surface area contributed by atoms with Gasteiger partial charge in [0.1, 0.15) is 0 Å². The number of halogens is 1. The normalized spacial score (nSPS) is 11.0. The van der Waals surface area contributed by atoms with E-state index in [2.05, 4.69) is 15.9 Å². The monoisotopic (exact) mass is 462 g/mol. The summed E-state index contributed by atoms with van der Waals surface area (Å²) in [5.41, 5.74) is 2.24. The average Bonchev–Trinajstić information content (AvgIpc) is 2.78. The SMILES string of the molecule is COc1cc(/C=C/C(=O)c2ccc(Br)cc2)ccc1OC(=O)/C=C/c1ccccc1. The number of hydrogen-bond acceptors (Lipinski definition) is 4. The zero-order chi connectivity index (χ0) is 21.3. The number of esters is 1. The van der Waals surface area contributed by atoms with E-state index in [1.54, 1.807) is 42.5 Å². The first-order chi connectivity index (χ1) is 14.5. The fourth-order valence-corrected chi connectivity index (χ4v) is 2.89. The van der Waals surface area contributed by atoms with E-state index in [1.165, 1.54) is 19.3 Å². The molecule has 30 heavy (non-hydrogen) atoms. The first-order valence-electron chi connectivity index (χ1n) is 9.16. The van der Waals surface area contributed by atoms with Gasteiger partial charge in [-0.1, -0.05) is 58.4 Å². The highest BCUT2D eigenvalue weighted by atomic mass is 79.9. The largest absolute Gasteiger partial charge is 0.493 e. The Morgan fingerprint density at radius 2 is 1.50 bits per heavy atom. The van der Waals surface area contributed by atoms with Crippen LogP contribution in [0.25, 0.3) is 12.2 Å². The van der Waals surface area contributed by atoms with Crippen molar-refractivity contribution in [2.24, 2.45) is 0 Å². The summed E-state index contributed by atoms with van der Waals surface area (Å²) in [6, 6.07) is 21.7. The molecule has 3 aromatic carbocycles. The third-order valence-corrected chi connectivity index (χ3v) is 4.69. The summed E-state index contributed by atoms with van der Waals surface area (Å²) in [6.07, 6.45) is 6.22. The van der Waals surface area contributed by atoms with Gasteiger partial charge in [-0.3, -0.25) is 4.79 Å². The van der Waals surface area contributed by atoms with Crippen LogP contribution in [0.2, 0.25) is 0 Å². The first kappa shape index (κ1) is 21.3. The molecular weight excluding hydrogens is 444 g/mol. The predicted octanol–water partition coefficient (Wildman–Crippen LogP) is 5.97. The standard InChI is InChI=1S/C25H19BrO4/c1-29-24-17-19(7-14-22(27)20-10-12-21(26)13-11-20)8-15-23(24)30-25(28)16-9-18-5-3-2-4-6-18/h2-17H,1H3/b14-7+,16-9+. The second kappa shape index (κ2) is 10.4. The molecule has 5 heteroatoms. The molecule has 0 amide bonds. The van der Waals surface area contributed by atoms with Gasteiger partial charge in [0.15, 0.2) is 17.3 Å². The zero-order valence-corrected chi connectivity index (χ0v) is 17.8. The fourth-order valence-electron chi connectivity index (χ4n) is 2.63. The van der Waals surface area contributed by atoms with Gasteiger partial charge < -0.3 is 9.47 Å². The zero-order valence-electron chi connectivity index (χ0n) is 16.2. The van der Waals surface area contributed by atoms with Gasteiger partial charge >= 0.3 is 5.97 Å². The van der Waals surface area contributed by atoms with Gasteiger partial charge in [0.25, 0.3) is 0 Å². The van der Waals surface area contributed by atoms with Crippen LogP contribution in [0, 0.1) is 0 Å². The van der Waals surface area contributed by atoms with Gasteiger partial charge in [-0.15, -0.1) is 0 Å². The number of allylic oxidation sites excluding steroid dienone is 1. The molecule has 150 valence electrons. The molecule has 4 nitrogen and oxygen atoms in total. The van der Waals surface area contributed by atoms with Crippen molar-refractivity contribution in [3.05, 3.63) is 106 Å². The summed E-state index contributed by atoms with van der Waals surface area (Å²) >= 11 is 3.35. The fraction of sp³-hybridized carbons (Fsp3) is 0.0400. The Hall–Kier alpha value is -3.44. The number of carbonyl (C=O) groups excluding carboxylic acids is 2. The van der Waals surface area contributed by atoms with E-state index in [1.807, 2.05) is 42.5 Å². The molecule has 0 spiro atoms. The summed E-state index contributed by atoms with van der Waals surface area (Å²) in [7, 11) is 1.49. The lowest BCUT2D eigenvalue weighted by atomic mass is 10.1. The lowest BCUT2D eigenvalue weighted by molar-refractivity contribution is -0.129. The van der Waals surface area contributed by atoms with Gasteiger partial charge in [-0.05, 0) is 59.7 Å². The van der Waals surface area contributed by atoms with Crippen molar-refractivity contribution >= 4 is 39.8 Å². The third-order valence-electron chi connectivity index (χ3n) is 4.17. The van der Waals surface area contributed by atoms with Crippen LogP contribution in [0.1, 0.15) is 21.5 Å². The van der Waals surface area contributed by atoms with E-state index >= 15 is 0 Å². The van der Waals surface area contributed by atoms with Crippen LogP contribution >= 0.6 is 15.9 Å². The highest BCUT2D eigenvalue weighted by molar-refractivity contribution is 9.10. The summed E-state index contributed by atoms with van der Waals surface area (Å²) in [4.78, 5) is 24.4. The van der Waals surface area contributed by atoms with Crippen LogP contribution in [0.3, 0.4) is 0 Å². The molecule has 0 saturated heterocycles. The lowest BCUT2D eigenvalue weighted by Gasteiger charge is -2.08. The minimum atomic E-state index is -0.508. The van der Waals surface area contributed by atoms with Gasteiger partial charge in [0.05, 0.1) is 7.11 Å². The van der Waals surface area contributed by atoms with E-state index < -0.39 is 5.97 Å². The molecule has 0 aliphatic carbocycles. The van der Waals surface area contributed by atoms with Gasteiger partial charge in [0, 0.05) is 16.1 Å². The third kappa shape index (κ3) is 6.03. The van der Waals surface area contributed by atoms with Crippen molar-refractivity contribution in [2.75, 3.05) is 7.11 Å². The van der Waals surface area contributed by atoms with Crippen molar-refractivity contribution in [1.29, 1.82) is 0 Å². The number of methoxy groups -OCH3 is 1. The number of benzene rings is 3. The Bertz CT molecular complexity index is 1080. The Morgan fingerprint density at radius 3 is 2.20 bits per heavy atom. The molecule has 0 fully saturated rings. The molecule has 0 heterocycles. The van der Waals surface area contributed by atoms with Crippen molar-refractivity contribution in [2.45, 2.75) is 0 Å². The summed E-state index contributed by atoms with van der Waals surface area (Å²) in [5.74, 6) is 0.0835. The molecule has 0 aliphatic heterocycles. The van der Waals surface area contributed by atoms with Crippen LogP contribution in [-0.4, -0.2) is 18.9 Å². The Morgan fingerprint density at radius 1 is 0.800 bits per heavy atom. The molecule has 3 rings (SSSR count). The van der Waals surface area contributed by atoms with Crippen molar-refractivity contribution in [1.82, 2.24) is 0 Å². The quantitative estimate of drug-likeness (QED) is 0.188. The molecule has 0 N–H and O–H groups in total. The van der Waals surface area contributed by atoms with E-state index in [0.717, 1.165) is 15.6 Å². The maximum Gasteiger partial charge on any atom is 0.336 e. The van der Waals surface area contributed by atoms with Gasteiger partial charge in [-0.25, -0.2) is 4.79 Å². The van der Waals surface area contributed by atoms with E-state index in [4.69, 9.17) is 9.47 Å². The molecule has 0 aliphatic rings. The van der Waals surface area contributed by atoms with E-state index in [0.29, 0.717) is 17.1 Å². The van der Waals surface area contributed by atoms with E-state index in [-0.39, 0.29) is 5.78 Å². The second-order valence-corrected chi connectivity index (χ2v) is 7.20. The van der Waals surface area contributed by atoms with Crippen molar-refractivity contribution in [3.63, 3.8) is 0 Å². The molecule has 3 aromatic rings. The molecule has 0 atom stereocenters. The highest BCUT2D eigenvalue weighted by Gasteiger charge is 2.09. The molecule has 0 bridgehead atoms. The predicted molar refractivity (Wildman–Crippen MR) is 122 cm³/mol. The van der Waals surface area contributed by atoms with Crippen LogP contribution < -0.4 is 9.47 Å². The molecule has 0 unspecified atom stereocenters. The van der Waals surface area contributed by atoms with Crippen molar-refractivity contribution < 1.29 is 19.1 Å².